The third-order valence-electron chi connectivity index (χ3n) is 4.29. The first kappa shape index (κ1) is 19.2. The van der Waals surface area contributed by atoms with Crippen LogP contribution in [0, 0.1) is 17.8 Å². The van der Waals surface area contributed by atoms with Gasteiger partial charge in [-0.25, -0.2) is 0 Å². The largest absolute Gasteiger partial charge is 0.465 e. The van der Waals surface area contributed by atoms with Gasteiger partial charge in [-0.3, -0.25) is 14.4 Å². The van der Waals surface area contributed by atoms with Crippen LogP contribution in [0.15, 0.2) is 12.3 Å². The molecule has 0 aromatic rings. The van der Waals surface area contributed by atoms with Crippen molar-refractivity contribution in [2.45, 2.75) is 46.0 Å². The quantitative estimate of drug-likeness (QED) is 0.287. The Morgan fingerprint density at radius 2 is 1.96 bits per heavy atom. The molecule has 23 heavy (non-hydrogen) atoms. The van der Waals surface area contributed by atoms with E-state index in [-0.39, 0.29) is 11.9 Å². The lowest BCUT2D eigenvalue weighted by Crippen LogP contribution is -2.20. The zero-order valence-electron chi connectivity index (χ0n) is 14.1. The zero-order valence-corrected chi connectivity index (χ0v) is 14.1. The Morgan fingerprint density at radius 3 is 2.52 bits per heavy atom. The Kier molecular flexibility index (Phi) is 8.37. The predicted octanol–water partition coefficient (Wildman–Crippen LogP) is 1.84. The predicted molar refractivity (Wildman–Crippen MR) is 87.0 cm³/mol. The monoisotopic (exact) mass is 324 g/mol. The smallest absolute Gasteiger partial charge is 0.309 e. The number of primary amides is 1. The van der Waals surface area contributed by atoms with E-state index in [1.54, 1.807) is 0 Å². The van der Waals surface area contributed by atoms with Gasteiger partial charge >= 0.3 is 5.97 Å². The fourth-order valence-corrected chi connectivity index (χ4v) is 3.07. The lowest BCUT2D eigenvalue weighted by atomic mass is 9.99. The van der Waals surface area contributed by atoms with E-state index < -0.39 is 5.91 Å². The normalized spacial score (nSPS) is 23.8. The maximum atomic E-state index is 12.0. The number of nitrogens with zero attached hydrogens (tertiary/aromatic N) is 1. The lowest BCUT2D eigenvalue weighted by Gasteiger charge is -2.14. The second kappa shape index (κ2) is 10.0. The summed E-state index contributed by atoms with van der Waals surface area (Å²) in [6.45, 7) is 5.23. The number of ether oxygens (including phenoxy) is 1. The highest BCUT2D eigenvalue weighted by Crippen LogP contribution is 2.36. The van der Waals surface area contributed by atoms with Crippen molar-refractivity contribution in [1.82, 2.24) is 4.90 Å². The fourth-order valence-electron chi connectivity index (χ4n) is 3.07. The van der Waals surface area contributed by atoms with Gasteiger partial charge in [-0.15, -0.1) is 0 Å². The van der Waals surface area contributed by atoms with Crippen LogP contribution in [0.5, 0.6) is 0 Å². The number of amides is 2. The van der Waals surface area contributed by atoms with Crippen molar-refractivity contribution in [3.63, 3.8) is 0 Å². The molecule has 1 aliphatic carbocycles. The zero-order chi connectivity index (χ0) is 17.2. The van der Waals surface area contributed by atoms with Crippen molar-refractivity contribution >= 4 is 18.3 Å². The number of unbranched alkanes of at least 4 members (excludes halogenated alkanes) is 2. The Labute approximate surface area is 138 Å². The van der Waals surface area contributed by atoms with E-state index in [2.05, 4.69) is 13.8 Å². The molecule has 0 bridgehead atoms. The summed E-state index contributed by atoms with van der Waals surface area (Å²) in [5.41, 5.74) is 4.97. The SMILES string of the molecule is CC1CC(C)C(C(=O)OCCCCCN(C=O)/C=C\C(N)=O)C1. The number of carbonyl (C=O) groups is 3. The van der Waals surface area contributed by atoms with Crippen LogP contribution in [-0.4, -0.2) is 36.3 Å². The molecule has 3 atom stereocenters. The Hall–Kier alpha value is -1.85. The summed E-state index contributed by atoms with van der Waals surface area (Å²) >= 11 is 0. The number of hydrogen-bond donors (Lipinski definition) is 1. The number of esters is 1. The molecule has 0 aromatic heterocycles. The molecule has 0 spiro atoms. The van der Waals surface area contributed by atoms with E-state index in [0.29, 0.717) is 31.4 Å². The minimum absolute atomic E-state index is 0.0505. The van der Waals surface area contributed by atoms with Gasteiger partial charge in [0.2, 0.25) is 12.3 Å². The average molecular weight is 324 g/mol. The van der Waals surface area contributed by atoms with Crippen molar-refractivity contribution in [3.8, 4) is 0 Å². The van der Waals surface area contributed by atoms with E-state index in [1.165, 1.54) is 11.1 Å². The van der Waals surface area contributed by atoms with E-state index >= 15 is 0 Å². The molecule has 0 aliphatic heterocycles. The molecule has 1 aliphatic rings. The molecule has 3 unspecified atom stereocenters. The Balaban J connectivity index is 2.12. The first-order valence-corrected chi connectivity index (χ1v) is 8.29. The summed E-state index contributed by atoms with van der Waals surface area (Å²) in [5, 5.41) is 0. The number of rotatable bonds is 10. The molecular formula is C17H28N2O4. The van der Waals surface area contributed by atoms with Gasteiger partial charge in [0.05, 0.1) is 12.5 Å². The van der Waals surface area contributed by atoms with Crippen LogP contribution in [0.2, 0.25) is 0 Å². The first-order valence-electron chi connectivity index (χ1n) is 8.29. The molecule has 1 saturated carbocycles. The van der Waals surface area contributed by atoms with Gasteiger partial charge in [0.1, 0.15) is 0 Å². The fraction of sp³-hybridized carbons (Fsp3) is 0.706. The van der Waals surface area contributed by atoms with Gasteiger partial charge < -0.3 is 15.4 Å². The van der Waals surface area contributed by atoms with Gasteiger partial charge in [0, 0.05) is 18.8 Å². The molecule has 6 nitrogen and oxygen atoms in total. The molecule has 130 valence electrons. The van der Waals surface area contributed by atoms with Gasteiger partial charge in [0.15, 0.2) is 0 Å². The lowest BCUT2D eigenvalue weighted by molar-refractivity contribution is -0.149. The topological polar surface area (TPSA) is 89.7 Å². The van der Waals surface area contributed by atoms with Crippen molar-refractivity contribution in [2.24, 2.45) is 23.5 Å². The highest BCUT2D eigenvalue weighted by molar-refractivity contribution is 5.85. The number of carbonyl (C=O) groups excluding carboxylic acids is 3. The van der Waals surface area contributed by atoms with Crippen molar-refractivity contribution < 1.29 is 19.1 Å². The minimum atomic E-state index is -0.584. The molecule has 6 heteroatoms. The Bertz CT molecular complexity index is 436. The summed E-state index contributed by atoms with van der Waals surface area (Å²) in [5.74, 6) is 0.412. The van der Waals surface area contributed by atoms with E-state index in [0.717, 1.165) is 38.2 Å². The molecule has 2 N–H and O–H groups in total. The molecule has 0 radical (unpaired) electrons. The van der Waals surface area contributed by atoms with Crippen LogP contribution in [0.25, 0.3) is 0 Å². The third-order valence-corrected chi connectivity index (χ3v) is 4.29. The number of nitrogens with two attached hydrogens (primary N) is 1. The summed E-state index contributed by atoms with van der Waals surface area (Å²) in [6.07, 6.45) is 7.60. The van der Waals surface area contributed by atoms with Crippen molar-refractivity contribution in [1.29, 1.82) is 0 Å². The van der Waals surface area contributed by atoms with E-state index in [4.69, 9.17) is 10.5 Å². The molecule has 0 saturated heterocycles. The maximum absolute atomic E-state index is 12.0. The summed E-state index contributed by atoms with van der Waals surface area (Å²) in [4.78, 5) is 34.8. The van der Waals surface area contributed by atoms with E-state index in [9.17, 15) is 14.4 Å². The summed E-state index contributed by atoms with van der Waals surface area (Å²) < 4.78 is 5.36. The van der Waals surface area contributed by atoms with Gasteiger partial charge in [0.25, 0.3) is 0 Å². The average Bonchev–Trinajstić information content (AvgIpc) is 2.84. The third kappa shape index (κ3) is 7.30. The van der Waals surface area contributed by atoms with Crippen LogP contribution in [-0.2, 0) is 19.1 Å². The first-order chi connectivity index (χ1) is 10.9. The molecule has 1 fully saturated rings. The highest BCUT2D eigenvalue weighted by Gasteiger charge is 2.34. The highest BCUT2D eigenvalue weighted by atomic mass is 16.5. The minimum Gasteiger partial charge on any atom is -0.465 e. The number of hydrogen-bond acceptors (Lipinski definition) is 4. The molecule has 0 aromatic carbocycles. The molecule has 0 heterocycles. The van der Waals surface area contributed by atoms with Crippen LogP contribution in [0.3, 0.4) is 0 Å². The maximum Gasteiger partial charge on any atom is 0.309 e. The van der Waals surface area contributed by atoms with Gasteiger partial charge in [-0.2, -0.15) is 0 Å². The van der Waals surface area contributed by atoms with Gasteiger partial charge in [-0.1, -0.05) is 13.8 Å². The second-order valence-corrected chi connectivity index (χ2v) is 6.45. The van der Waals surface area contributed by atoms with Crippen LogP contribution in [0.4, 0.5) is 0 Å². The van der Waals surface area contributed by atoms with Crippen LogP contribution < -0.4 is 5.73 Å². The van der Waals surface area contributed by atoms with Crippen molar-refractivity contribution in [3.05, 3.63) is 12.3 Å². The standard InChI is InChI=1S/C17H28N2O4/c1-13-10-14(2)15(11-13)17(22)23-9-5-3-4-7-19(12-20)8-6-16(18)21/h6,8,12-15H,3-5,7,9-11H2,1-2H3,(H2,18,21)/b8-6-. The van der Waals surface area contributed by atoms with Gasteiger partial charge in [-0.05, 0) is 43.9 Å². The summed E-state index contributed by atoms with van der Waals surface area (Å²) in [6, 6.07) is 0. The van der Waals surface area contributed by atoms with Crippen LogP contribution in [0.1, 0.15) is 46.0 Å². The molecular weight excluding hydrogens is 296 g/mol. The molecule has 1 rings (SSSR count). The van der Waals surface area contributed by atoms with E-state index in [1.807, 2.05) is 0 Å². The second-order valence-electron chi connectivity index (χ2n) is 6.45. The van der Waals surface area contributed by atoms with Crippen LogP contribution >= 0.6 is 0 Å². The summed E-state index contributed by atoms with van der Waals surface area (Å²) in [7, 11) is 0. The van der Waals surface area contributed by atoms with Crippen molar-refractivity contribution in [2.75, 3.05) is 13.2 Å². The Morgan fingerprint density at radius 1 is 1.22 bits per heavy atom. The molecule has 2 amide bonds.